The first-order valence-electron chi connectivity index (χ1n) is 35.0. The third-order valence-corrected chi connectivity index (χ3v) is 18.9. The Balaban J connectivity index is 0.000000169. The van der Waals surface area contributed by atoms with Crippen molar-refractivity contribution in [1.29, 1.82) is 0 Å². The van der Waals surface area contributed by atoms with Gasteiger partial charge in [-0.3, -0.25) is 29.1 Å². The zero-order valence-corrected chi connectivity index (χ0v) is 66.1. The first-order chi connectivity index (χ1) is 54.8. The van der Waals surface area contributed by atoms with Gasteiger partial charge in [-0.15, -0.1) is 0 Å². The maximum atomic E-state index is 13.3. The molecule has 6 N–H and O–H groups in total. The second kappa shape index (κ2) is 36.2. The van der Waals surface area contributed by atoms with Crippen LogP contribution >= 0.6 is 23.2 Å². The number of urea groups is 3. The summed E-state index contributed by atoms with van der Waals surface area (Å²) in [4.78, 5) is 111. The Morgan fingerprint density at radius 2 is 0.675 bits per heavy atom. The van der Waals surface area contributed by atoms with Gasteiger partial charge in [-0.05, 0) is 145 Å². The molecule has 0 atom stereocenters. The van der Waals surface area contributed by atoms with Crippen LogP contribution in [-0.2, 0) is 0 Å². The van der Waals surface area contributed by atoms with Crippen molar-refractivity contribution in [2.75, 3.05) is 129 Å². The molecule has 582 valence electrons. The highest BCUT2D eigenvalue weighted by atomic mass is 35.5. The lowest BCUT2D eigenvalue weighted by Gasteiger charge is -2.20. The molecule has 3 heterocycles. The predicted octanol–water partition coefficient (Wildman–Crippen LogP) is 17.2. The molecule has 28 nitrogen and oxygen atoms in total. The fraction of sp³-hybridized carbons (Fsp3) is 0.167. The Hall–Kier alpha value is -14.1. The van der Waals surface area contributed by atoms with Gasteiger partial charge in [0.05, 0.1) is 74.9 Å². The Morgan fingerprint density at radius 1 is 0.333 bits per heavy atom. The number of rotatable bonds is 19. The number of methoxy groups -OCH3 is 6. The highest BCUT2D eigenvalue weighted by Crippen LogP contribution is 2.39. The molecule has 0 saturated heterocycles. The van der Waals surface area contributed by atoms with Gasteiger partial charge < -0.3 is 65.2 Å². The van der Waals surface area contributed by atoms with Crippen molar-refractivity contribution in [3.8, 4) is 34.5 Å². The Morgan fingerprint density at radius 3 is 1.04 bits per heavy atom. The number of hydrogen-bond acceptors (Lipinski definition) is 19. The van der Waals surface area contributed by atoms with Crippen molar-refractivity contribution in [2.24, 2.45) is 0 Å². The summed E-state index contributed by atoms with van der Waals surface area (Å²) in [5.74, 6) is 3.18. The monoisotopic (exact) mass is 1570 g/mol. The van der Waals surface area contributed by atoms with E-state index < -0.39 is 24.0 Å². The second-order valence-corrected chi connectivity index (χ2v) is 26.6. The van der Waals surface area contributed by atoms with E-state index in [4.69, 9.17) is 51.6 Å². The van der Waals surface area contributed by atoms with E-state index in [1.807, 2.05) is 106 Å². The molecule has 9 amide bonds. The lowest BCUT2D eigenvalue weighted by molar-refractivity contribution is 0.101. The van der Waals surface area contributed by atoms with E-state index in [0.717, 1.165) is 33.2 Å². The Labute approximate surface area is 666 Å². The molecular weight excluding hydrogens is 1500 g/mol. The molecule has 10 aromatic carbocycles. The number of halogens is 2. The summed E-state index contributed by atoms with van der Waals surface area (Å²) >= 11 is 12.3. The minimum atomic E-state index is -0.468. The zero-order valence-electron chi connectivity index (χ0n) is 64.6. The van der Waals surface area contributed by atoms with Crippen LogP contribution in [0.5, 0.6) is 34.5 Å². The quantitative estimate of drug-likeness (QED) is 0.0438. The van der Waals surface area contributed by atoms with Gasteiger partial charge in [-0.2, -0.15) is 0 Å². The first kappa shape index (κ1) is 80.9. The minimum Gasteiger partial charge on any atom is -0.493 e. The van der Waals surface area contributed by atoms with Gasteiger partial charge >= 0.3 is 18.1 Å². The highest BCUT2D eigenvalue weighted by molar-refractivity contribution is 6.40. The summed E-state index contributed by atoms with van der Waals surface area (Å²) in [7, 11) is 17.9. The third-order valence-electron chi connectivity index (χ3n) is 18.3. The van der Waals surface area contributed by atoms with Crippen LogP contribution in [0.15, 0.2) is 195 Å². The average molecular weight is 1580 g/mol. The van der Waals surface area contributed by atoms with Gasteiger partial charge in [-0.25, -0.2) is 44.3 Å². The van der Waals surface area contributed by atoms with Gasteiger partial charge in [0.2, 0.25) is 0 Å². The van der Waals surface area contributed by atoms with Crippen molar-refractivity contribution in [1.82, 2.24) is 29.9 Å². The largest absolute Gasteiger partial charge is 0.493 e. The van der Waals surface area contributed by atoms with Crippen LogP contribution in [0.4, 0.5) is 71.6 Å². The van der Waals surface area contributed by atoms with E-state index in [0.29, 0.717) is 146 Å². The van der Waals surface area contributed by atoms with Crippen LogP contribution in [0.2, 0.25) is 10.0 Å². The third kappa shape index (κ3) is 18.5. The van der Waals surface area contributed by atoms with Crippen molar-refractivity contribution in [3.05, 3.63) is 238 Å². The van der Waals surface area contributed by atoms with E-state index in [1.54, 1.807) is 145 Å². The summed E-state index contributed by atoms with van der Waals surface area (Å²) in [6, 6.07) is 50.5. The number of amides is 9. The minimum absolute atomic E-state index is 0.281. The van der Waals surface area contributed by atoms with Gasteiger partial charge in [0, 0.05) is 120 Å². The van der Waals surface area contributed by atoms with Gasteiger partial charge in [0.1, 0.15) is 36.4 Å². The number of fused-ring (bicyclic) bond motifs is 4. The molecular formula is C84H80Cl2N16O12. The number of anilines is 10. The maximum absolute atomic E-state index is 13.3. The number of benzene rings is 10. The summed E-state index contributed by atoms with van der Waals surface area (Å²) in [6.45, 7) is 5.53. The van der Waals surface area contributed by atoms with E-state index >= 15 is 0 Å². The Bertz CT molecular complexity index is 5840. The predicted molar refractivity (Wildman–Crippen MR) is 449 cm³/mol. The van der Waals surface area contributed by atoms with Gasteiger partial charge in [0.25, 0.3) is 17.7 Å². The molecule has 13 aromatic rings. The van der Waals surface area contributed by atoms with Gasteiger partial charge in [-0.1, -0.05) is 83.9 Å². The summed E-state index contributed by atoms with van der Waals surface area (Å²) in [5.41, 5.74) is 9.38. The zero-order chi connectivity index (χ0) is 81.6. The Kier molecular flexibility index (Phi) is 25.6. The number of para-hydroxylation sites is 1. The smallest absolute Gasteiger partial charge is 0.327 e. The molecule has 0 fully saturated rings. The first-order valence-corrected chi connectivity index (χ1v) is 35.8. The molecule has 0 saturated carbocycles. The standard InChI is InChI=1S/C30H27N5O4.C28H30N6O4.C26H23Cl2N5O4/c1-18-9-10-21(29(36)33-22-12-11-19-7-5-6-8-20(19)13-22)14-24(18)34-30(37)35(2)28-23-15-26(38-3)27(39-4)16-25(23)31-17-32-28;1-17-10-11-18(27(35)31-19-8-7-9-20(13-19)33(2)3)12-22(17)32-28(36)34(4)26-21-14-24(37-5)25(38-6)15-23(21)29-16-30-26;1-14-8-9-15(25(34)32-23-17(27)6-5-7-18(23)28)10-19(14)31-26(35)33(2)24-16-11-21(36-3)22(37-4)12-20(16)29-13-30-24/h5-17H,1-4H3,(H,33,36)(H,34,37);7-16H,1-6H3,(H,31,35)(H,32,36);5-13H,1-4H3,(H,31,35)(H,32,34). The highest BCUT2D eigenvalue weighted by Gasteiger charge is 2.25. The van der Waals surface area contributed by atoms with Crippen molar-refractivity contribution >= 4 is 160 Å². The number of hydrogen-bond donors (Lipinski definition) is 6. The molecule has 0 aliphatic rings. The molecule has 13 rings (SSSR count). The van der Waals surface area contributed by atoms with Gasteiger partial charge in [0.15, 0.2) is 34.5 Å². The summed E-state index contributed by atoms with van der Waals surface area (Å²) in [5, 5.41) is 21.8. The lowest BCUT2D eigenvalue weighted by Crippen LogP contribution is -2.32. The lowest BCUT2D eigenvalue weighted by atomic mass is 10.1. The summed E-state index contributed by atoms with van der Waals surface area (Å²) in [6.07, 6.45) is 4.13. The fourth-order valence-corrected chi connectivity index (χ4v) is 12.3. The second-order valence-electron chi connectivity index (χ2n) is 25.8. The van der Waals surface area contributed by atoms with E-state index in [-0.39, 0.29) is 11.8 Å². The fourth-order valence-electron chi connectivity index (χ4n) is 11.8. The number of carbonyl (C=O) groups excluding carboxylic acids is 6. The molecule has 0 aliphatic carbocycles. The molecule has 0 bridgehead atoms. The van der Waals surface area contributed by atoms with Crippen molar-refractivity contribution in [3.63, 3.8) is 0 Å². The molecule has 30 heteroatoms. The van der Waals surface area contributed by atoms with E-state index in [9.17, 15) is 28.8 Å². The number of nitrogens with zero attached hydrogens (tertiary/aromatic N) is 10. The molecule has 0 radical (unpaired) electrons. The molecule has 3 aromatic heterocycles. The van der Waals surface area contributed by atoms with E-state index in [1.165, 1.54) is 62.1 Å². The SMILES string of the molecule is COc1cc2ncnc(N(C)C(=O)Nc3cc(C(=O)Nc4c(Cl)cccc4Cl)ccc3C)c2cc1OC.COc1cc2ncnc(N(C)C(=O)Nc3cc(C(=O)Nc4ccc5ccccc5c4)ccc3C)c2cc1OC.COc1cc2ncnc(N(C)C(=O)Nc3cc(C(=O)Nc4cccc(N(C)C)c4)ccc3C)c2cc1OC. The maximum Gasteiger partial charge on any atom is 0.327 e. The average Bonchev–Trinajstić information content (AvgIpc) is 0.797. The van der Waals surface area contributed by atoms with Crippen molar-refractivity contribution < 1.29 is 57.2 Å². The number of ether oxygens (including phenoxy) is 6. The number of nitrogens with one attached hydrogen (secondary N) is 6. The van der Waals surface area contributed by atoms with Crippen LogP contribution in [0.3, 0.4) is 0 Å². The molecule has 114 heavy (non-hydrogen) atoms. The number of aryl methyl sites for hydroxylation is 3. The van der Waals surface area contributed by atoms with Crippen LogP contribution in [-0.4, -0.2) is 144 Å². The van der Waals surface area contributed by atoms with Crippen molar-refractivity contribution in [2.45, 2.75) is 20.8 Å². The summed E-state index contributed by atoms with van der Waals surface area (Å²) < 4.78 is 32.3. The topological polar surface area (TPSA) is 320 Å². The number of carbonyl (C=O) groups is 6. The van der Waals surface area contributed by atoms with Crippen LogP contribution in [0, 0.1) is 20.8 Å². The number of aromatic nitrogens is 6. The molecule has 0 spiro atoms. The molecule has 0 unspecified atom stereocenters. The van der Waals surface area contributed by atoms with E-state index in [2.05, 4.69) is 61.8 Å². The normalized spacial score (nSPS) is 10.7. The van der Waals surface area contributed by atoms with Crippen LogP contribution in [0.25, 0.3) is 43.5 Å². The van der Waals surface area contributed by atoms with Crippen LogP contribution < -0.4 is 79.9 Å². The molecule has 0 aliphatic heterocycles. The van der Waals surface area contributed by atoms with Crippen LogP contribution in [0.1, 0.15) is 47.8 Å².